The summed E-state index contributed by atoms with van der Waals surface area (Å²) in [6.45, 7) is 6.59. The van der Waals surface area contributed by atoms with E-state index in [-0.39, 0.29) is 10.7 Å². The summed E-state index contributed by atoms with van der Waals surface area (Å²) < 4.78 is 28.7. The van der Waals surface area contributed by atoms with Crippen molar-refractivity contribution in [2.24, 2.45) is 0 Å². The van der Waals surface area contributed by atoms with Crippen LogP contribution in [0.15, 0.2) is 35.4 Å². The van der Waals surface area contributed by atoms with Gasteiger partial charge >= 0.3 is 0 Å². The molecule has 0 unspecified atom stereocenters. The molecule has 0 fully saturated rings. The zero-order valence-corrected chi connectivity index (χ0v) is 13.2. The van der Waals surface area contributed by atoms with Crippen molar-refractivity contribution in [1.82, 2.24) is 9.78 Å². The van der Waals surface area contributed by atoms with Crippen molar-refractivity contribution in [3.8, 4) is 0 Å². The van der Waals surface area contributed by atoms with E-state index in [9.17, 15) is 8.42 Å². The average Bonchev–Trinajstić information content (AvgIpc) is 2.81. The molecule has 0 saturated heterocycles. The molecule has 1 heterocycles. The van der Waals surface area contributed by atoms with Crippen molar-refractivity contribution in [2.45, 2.75) is 38.1 Å². The van der Waals surface area contributed by atoms with E-state index < -0.39 is 10.0 Å². The second-order valence-electron chi connectivity index (χ2n) is 5.12. The largest absolute Gasteiger partial charge is 0.381 e. The van der Waals surface area contributed by atoms with Gasteiger partial charge in [0.25, 0.3) is 10.0 Å². The summed E-state index contributed by atoms with van der Waals surface area (Å²) >= 11 is 0. The lowest BCUT2D eigenvalue weighted by atomic mass is 10.0. The van der Waals surface area contributed by atoms with Crippen LogP contribution in [0.3, 0.4) is 0 Å². The summed E-state index contributed by atoms with van der Waals surface area (Å²) in [7, 11) is -3.72. The van der Waals surface area contributed by atoms with Gasteiger partial charge in [0.05, 0.1) is 0 Å². The van der Waals surface area contributed by atoms with E-state index in [1.165, 1.54) is 10.9 Å². The fourth-order valence-electron chi connectivity index (χ4n) is 1.93. The summed E-state index contributed by atoms with van der Waals surface area (Å²) in [6, 6.07) is 7.29. The highest BCUT2D eigenvalue weighted by atomic mass is 32.2. The molecule has 2 aromatic rings. The van der Waals surface area contributed by atoms with Gasteiger partial charge in [-0.2, -0.15) is 5.10 Å². The molecule has 3 N–H and O–H groups in total. The third kappa shape index (κ3) is 3.36. The van der Waals surface area contributed by atoms with E-state index >= 15 is 0 Å². The van der Waals surface area contributed by atoms with Gasteiger partial charge in [0.2, 0.25) is 0 Å². The quantitative estimate of drug-likeness (QED) is 0.887. The minimum atomic E-state index is -3.72. The number of nitrogens with zero attached hydrogens (tertiary/aromatic N) is 2. The molecular weight excluding hydrogens is 288 g/mol. The molecule has 21 heavy (non-hydrogen) atoms. The molecule has 2 rings (SSSR count). The fourth-order valence-corrected chi connectivity index (χ4v) is 3.07. The summed E-state index contributed by atoms with van der Waals surface area (Å²) in [5.41, 5.74) is 7.32. The Bertz CT molecular complexity index is 718. The van der Waals surface area contributed by atoms with Crippen LogP contribution in [0.25, 0.3) is 0 Å². The number of sulfonamides is 1. The molecule has 7 heteroatoms. The number of nitrogen functional groups attached to an aromatic ring is 1. The zero-order chi connectivity index (χ0) is 15.6. The number of rotatable bonds is 5. The average molecular weight is 308 g/mol. The summed E-state index contributed by atoms with van der Waals surface area (Å²) in [6.07, 6.45) is 1.43. The molecule has 0 atom stereocenters. The van der Waals surface area contributed by atoms with E-state index in [4.69, 9.17) is 5.73 Å². The summed E-state index contributed by atoms with van der Waals surface area (Å²) in [5.74, 6) is 0.400. The minimum Gasteiger partial charge on any atom is -0.381 e. The lowest BCUT2D eigenvalue weighted by Gasteiger charge is -2.09. The van der Waals surface area contributed by atoms with Gasteiger partial charge in [0.15, 0.2) is 5.82 Å². The highest BCUT2D eigenvalue weighted by Crippen LogP contribution is 2.22. The van der Waals surface area contributed by atoms with Gasteiger partial charge in [-0.1, -0.05) is 26.0 Å². The second kappa shape index (κ2) is 5.77. The predicted molar refractivity (Wildman–Crippen MR) is 83.7 cm³/mol. The van der Waals surface area contributed by atoms with Crippen LogP contribution in [-0.2, 0) is 16.6 Å². The normalized spacial score (nSPS) is 11.8. The van der Waals surface area contributed by atoms with E-state index in [0.29, 0.717) is 18.2 Å². The van der Waals surface area contributed by atoms with Gasteiger partial charge in [0, 0.05) is 18.4 Å². The van der Waals surface area contributed by atoms with E-state index in [1.54, 1.807) is 12.1 Å². The van der Waals surface area contributed by atoms with Gasteiger partial charge < -0.3 is 5.73 Å². The maximum atomic E-state index is 12.3. The third-order valence-electron chi connectivity index (χ3n) is 3.20. The lowest BCUT2D eigenvalue weighted by molar-refractivity contribution is 0.600. The molecule has 6 nitrogen and oxygen atoms in total. The van der Waals surface area contributed by atoms with Gasteiger partial charge in [-0.25, -0.2) is 8.42 Å². The van der Waals surface area contributed by atoms with Crippen LogP contribution in [0.2, 0.25) is 0 Å². The Kier molecular flexibility index (Phi) is 4.22. The van der Waals surface area contributed by atoms with Crippen molar-refractivity contribution in [1.29, 1.82) is 0 Å². The zero-order valence-electron chi connectivity index (χ0n) is 12.4. The van der Waals surface area contributed by atoms with Crippen molar-refractivity contribution in [3.63, 3.8) is 0 Å². The van der Waals surface area contributed by atoms with Gasteiger partial charge in [0.1, 0.15) is 4.90 Å². The Hall–Kier alpha value is -2.02. The van der Waals surface area contributed by atoms with Crippen molar-refractivity contribution >= 4 is 21.5 Å². The number of nitrogens with one attached hydrogen (secondary N) is 1. The first-order valence-electron chi connectivity index (χ1n) is 6.79. The Morgan fingerprint density at radius 3 is 2.38 bits per heavy atom. The topological polar surface area (TPSA) is 90.0 Å². The molecule has 1 aromatic carbocycles. The number of hydrogen-bond donors (Lipinski definition) is 2. The molecule has 0 spiro atoms. The molecule has 0 aliphatic heterocycles. The number of aryl methyl sites for hydroxylation is 1. The van der Waals surface area contributed by atoms with Crippen molar-refractivity contribution in [2.75, 3.05) is 10.5 Å². The monoisotopic (exact) mass is 308 g/mol. The van der Waals surface area contributed by atoms with Crippen LogP contribution in [0, 0.1) is 0 Å². The van der Waals surface area contributed by atoms with Gasteiger partial charge in [-0.3, -0.25) is 9.40 Å². The third-order valence-corrected chi connectivity index (χ3v) is 4.60. The smallest absolute Gasteiger partial charge is 0.267 e. The number of aromatic nitrogens is 2. The first-order valence-corrected chi connectivity index (χ1v) is 8.27. The molecule has 0 saturated carbocycles. The van der Waals surface area contributed by atoms with Crippen LogP contribution >= 0.6 is 0 Å². The van der Waals surface area contributed by atoms with Gasteiger partial charge in [-0.15, -0.1) is 0 Å². The first kappa shape index (κ1) is 15.4. The molecule has 1 aromatic heterocycles. The molecule has 0 radical (unpaired) electrons. The predicted octanol–water partition coefficient (Wildman–Crippen LogP) is 2.41. The van der Waals surface area contributed by atoms with E-state index in [0.717, 1.165) is 5.56 Å². The summed E-state index contributed by atoms with van der Waals surface area (Å²) in [5, 5.41) is 3.95. The Balaban J connectivity index is 2.26. The first-order chi connectivity index (χ1) is 9.83. The molecular formula is C14H20N4O2S. The van der Waals surface area contributed by atoms with Crippen LogP contribution < -0.4 is 10.5 Å². The highest BCUT2D eigenvalue weighted by molar-refractivity contribution is 7.92. The molecule has 0 aliphatic carbocycles. The molecule has 0 amide bonds. The van der Waals surface area contributed by atoms with Crippen LogP contribution in [-0.4, -0.2) is 18.2 Å². The summed E-state index contributed by atoms with van der Waals surface area (Å²) in [4.78, 5) is -0.00251. The Morgan fingerprint density at radius 1 is 1.29 bits per heavy atom. The number of hydrogen-bond acceptors (Lipinski definition) is 4. The lowest BCUT2D eigenvalue weighted by Crippen LogP contribution is -2.13. The van der Waals surface area contributed by atoms with Crippen LogP contribution in [0.5, 0.6) is 0 Å². The van der Waals surface area contributed by atoms with Crippen LogP contribution in [0.1, 0.15) is 32.3 Å². The fraction of sp³-hybridized carbons (Fsp3) is 0.357. The van der Waals surface area contributed by atoms with Crippen molar-refractivity contribution < 1.29 is 8.42 Å². The van der Waals surface area contributed by atoms with Crippen molar-refractivity contribution in [3.05, 3.63) is 36.0 Å². The Morgan fingerprint density at radius 2 is 1.90 bits per heavy atom. The number of anilines is 2. The Labute approximate surface area is 125 Å². The van der Waals surface area contributed by atoms with Gasteiger partial charge in [-0.05, 0) is 30.5 Å². The number of nitrogens with two attached hydrogens (primary N) is 1. The molecule has 114 valence electrons. The highest BCUT2D eigenvalue weighted by Gasteiger charge is 2.21. The van der Waals surface area contributed by atoms with E-state index in [1.807, 2.05) is 19.1 Å². The maximum absolute atomic E-state index is 12.3. The number of benzene rings is 1. The second-order valence-corrected chi connectivity index (χ2v) is 6.77. The molecule has 0 aliphatic rings. The maximum Gasteiger partial charge on any atom is 0.267 e. The van der Waals surface area contributed by atoms with E-state index in [2.05, 4.69) is 23.7 Å². The SMILES string of the molecule is CCn1cc(S(=O)(=O)Nc2ccc(C(C)C)cc2)c(N)n1. The minimum absolute atomic E-state index is 0.00251. The van der Waals surface area contributed by atoms with Crippen LogP contribution in [0.4, 0.5) is 11.5 Å². The molecule has 0 bridgehead atoms. The standard InChI is InChI=1S/C14H20N4O2S/c1-4-18-9-13(14(15)16-18)21(19,20)17-12-7-5-11(6-8-12)10(2)3/h5-10,17H,4H2,1-3H3,(H2,15,16).